The molecule has 37 heavy (non-hydrogen) atoms. The van der Waals surface area contributed by atoms with E-state index in [2.05, 4.69) is 20.2 Å². The number of hydrogen-bond acceptors (Lipinski definition) is 7. The van der Waals surface area contributed by atoms with E-state index < -0.39 is 5.82 Å². The van der Waals surface area contributed by atoms with E-state index in [9.17, 15) is 9.18 Å². The van der Waals surface area contributed by atoms with Crippen LogP contribution in [-0.4, -0.2) is 52.6 Å². The molecule has 2 heterocycles. The van der Waals surface area contributed by atoms with Crippen LogP contribution in [0.2, 0.25) is 5.02 Å². The van der Waals surface area contributed by atoms with Crippen LogP contribution in [0.25, 0.3) is 10.9 Å². The van der Waals surface area contributed by atoms with Crippen LogP contribution in [0.3, 0.4) is 0 Å². The summed E-state index contributed by atoms with van der Waals surface area (Å²) in [6.07, 6.45) is 8.01. The van der Waals surface area contributed by atoms with Gasteiger partial charge in [-0.05, 0) is 63.3 Å². The molecule has 0 bridgehead atoms. The van der Waals surface area contributed by atoms with Crippen molar-refractivity contribution in [2.45, 2.75) is 63.1 Å². The molecule has 2 aliphatic rings. The Morgan fingerprint density at radius 3 is 2.70 bits per heavy atom. The number of fused-ring (bicyclic) bond motifs is 1. The number of nitrogens with two attached hydrogens (primary N) is 1. The van der Waals surface area contributed by atoms with E-state index in [1.54, 1.807) is 25.3 Å². The first-order chi connectivity index (χ1) is 17.9. The van der Waals surface area contributed by atoms with Gasteiger partial charge < -0.3 is 20.5 Å². The number of likely N-dealkylation sites (tertiary alicyclic amines) is 1. The van der Waals surface area contributed by atoms with Crippen LogP contribution in [0.1, 0.15) is 44.9 Å². The average molecular weight is 528 g/mol. The van der Waals surface area contributed by atoms with Gasteiger partial charge in [0.2, 0.25) is 5.91 Å². The Hall–Kier alpha value is -3.17. The quantitative estimate of drug-likeness (QED) is 0.435. The molecule has 1 aliphatic heterocycles. The molecule has 196 valence electrons. The second-order valence-electron chi connectivity index (χ2n) is 9.67. The summed E-state index contributed by atoms with van der Waals surface area (Å²) < 4.78 is 26.5. The van der Waals surface area contributed by atoms with Crippen LogP contribution in [0.15, 0.2) is 36.7 Å². The summed E-state index contributed by atoms with van der Waals surface area (Å²) in [5.41, 5.74) is 6.54. The number of anilines is 2. The van der Waals surface area contributed by atoms with Crippen molar-refractivity contribution in [3.8, 4) is 11.5 Å². The molecule has 10 heteroatoms. The van der Waals surface area contributed by atoms with Crippen LogP contribution in [-0.2, 0) is 4.79 Å². The summed E-state index contributed by atoms with van der Waals surface area (Å²) >= 11 is 5.94. The number of piperidine rings is 1. The van der Waals surface area contributed by atoms with E-state index >= 15 is 0 Å². The molecule has 0 unspecified atom stereocenters. The minimum absolute atomic E-state index is 0.00540. The van der Waals surface area contributed by atoms with Crippen molar-refractivity contribution in [2.24, 2.45) is 5.73 Å². The minimum atomic E-state index is -0.551. The zero-order valence-corrected chi connectivity index (χ0v) is 21.5. The van der Waals surface area contributed by atoms with Crippen LogP contribution in [0.5, 0.6) is 11.5 Å². The Bertz CT molecular complexity index is 1280. The Morgan fingerprint density at radius 1 is 1.14 bits per heavy atom. The standard InChI is InChI=1S/C27H31ClFN5O3/c1-36-23-14-21-18(27(32-15-31-21)33-20-6-4-5-19(28)25(20)29)13-24(23)37-17-10-8-16(9-11-17)34-12-3-2-7-22(34)26(30)35/h4-6,13-17,22H,2-3,7-12H2,1H3,(H2,30,35)(H,31,32,33)/t16-,17-,22-/m0/s1. The second kappa shape index (κ2) is 11.1. The summed E-state index contributed by atoms with van der Waals surface area (Å²) in [6, 6.07) is 8.56. The predicted octanol–water partition coefficient (Wildman–Crippen LogP) is 5.20. The highest BCUT2D eigenvalue weighted by Gasteiger charge is 2.35. The molecular formula is C27H31ClFN5O3. The van der Waals surface area contributed by atoms with Gasteiger partial charge in [-0.1, -0.05) is 24.1 Å². The van der Waals surface area contributed by atoms with E-state index in [0.29, 0.717) is 34.3 Å². The molecule has 1 saturated heterocycles. The highest BCUT2D eigenvalue weighted by atomic mass is 35.5. The first-order valence-electron chi connectivity index (χ1n) is 12.7. The molecule has 0 radical (unpaired) electrons. The van der Waals surface area contributed by atoms with Gasteiger partial charge in [-0.2, -0.15) is 0 Å². The number of carbonyl (C=O) groups is 1. The zero-order valence-electron chi connectivity index (χ0n) is 20.8. The first-order valence-corrected chi connectivity index (χ1v) is 13.1. The number of nitrogens with one attached hydrogen (secondary N) is 1. The van der Waals surface area contributed by atoms with Gasteiger partial charge in [0.25, 0.3) is 0 Å². The molecule has 1 saturated carbocycles. The highest BCUT2D eigenvalue weighted by molar-refractivity contribution is 6.31. The molecule has 2 fully saturated rings. The van der Waals surface area contributed by atoms with E-state index in [4.69, 9.17) is 26.8 Å². The lowest BCUT2D eigenvalue weighted by Gasteiger charge is -2.42. The second-order valence-corrected chi connectivity index (χ2v) is 10.1. The van der Waals surface area contributed by atoms with Gasteiger partial charge in [-0.15, -0.1) is 0 Å². The third-order valence-electron chi connectivity index (χ3n) is 7.40. The molecule has 1 aromatic heterocycles. The number of primary amides is 1. The van der Waals surface area contributed by atoms with Gasteiger partial charge >= 0.3 is 0 Å². The van der Waals surface area contributed by atoms with Gasteiger partial charge in [-0.3, -0.25) is 9.69 Å². The molecule has 5 rings (SSSR count). The monoisotopic (exact) mass is 527 g/mol. The van der Waals surface area contributed by atoms with Crippen molar-refractivity contribution < 1.29 is 18.7 Å². The number of aromatic nitrogens is 2. The third kappa shape index (κ3) is 5.43. The van der Waals surface area contributed by atoms with Crippen molar-refractivity contribution in [3.05, 3.63) is 47.5 Å². The number of carbonyl (C=O) groups excluding carboxylic acids is 1. The number of methoxy groups -OCH3 is 1. The fourth-order valence-electron chi connectivity index (χ4n) is 5.51. The lowest BCUT2D eigenvalue weighted by molar-refractivity contribution is -0.126. The van der Waals surface area contributed by atoms with E-state index in [1.807, 2.05) is 6.07 Å². The summed E-state index contributed by atoms with van der Waals surface area (Å²) in [7, 11) is 1.59. The van der Waals surface area contributed by atoms with Crippen LogP contribution in [0, 0.1) is 5.82 Å². The molecule has 8 nitrogen and oxygen atoms in total. The fraction of sp³-hybridized carbons (Fsp3) is 0.444. The largest absolute Gasteiger partial charge is 0.493 e. The van der Waals surface area contributed by atoms with Crippen LogP contribution in [0.4, 0.5) is 15.9 Å². The fourth-order valence-corrected chi connectivity index (χ4v) is 5.69. The molecule has 0 spiro atoms. The Labute approximate surface area is 220 Å². The SMILES string of the molecule is COc1cc2ncnc(Nc3cccc(Cl)c3F)c2cc1O[C@H]1CC[C@H](N2CCCC[C@H]2C(N)=O)CC1. The summed E-state index contributed by atoms with van der Waals surface area (Å²) in [6.45, 7) is 0.922. The molecule has 1 aliphatic carbocycles. The number of ether oxygens (including phenoxy) is 2. The molecular weight excluding hydrogens is 497 g/mol. The molecule has 1 atom stereocenters. The number of hydrogen-bond donors (Lipinski definition) is 2. The molecule has 2 aromatic carbocycles. The number of nitrogens with zero attached hydrogens (tertiary/aromatic N) is 3. The van der Waals surface area contributed by atoms with Crippen molar-refractivity contribution in [1.29, 1.82) is 0 Å². The average Bonchev–Trinajstić information content (AvgIpc) is 2.91. The predicted molar refractivity (Wildman–Crippen MR) is 141 cm³/mol. The van der Waals surface area contributed by atoms with Crippen molar-refractivity contribution in [3.63, 3.8) is 0 Å². The zero-order chi connectivity index (χ0) is 25.9. The normalized spacial score (nSPS) is 22.5. The van der Waals surface area contributed by atoms with Gasteiger partial charge in [0, 0.05) is 17.5 Å². The Morgan fingerprint density at radius 2 is 1.95 bits per heavy atom. The number of amides is 1. The minimum Gasteiger partial charge on any atom is -0.493 e. The van der Waals surface area contributed by atoms with Crippen molar-refractivity contribution in [2.75, 3.05) is 19.0 Å². The summed E-state index contributed by atoms with van der Waals surface area (Å²) in [5, 5.41) is 3.72. The van der Waals surface area contributed by atoms with Crippen molar-refractivity contribution in [1.82, 2.24) is 14.9 Å². The van der Waals surface area contributed by atoms with Crippen molar-refractivity contribution >= 4 is 39.9 Å². The summed E-state index contributed by atoms with van der Waals surface area (Å²) in [5.74, 6) is 0.812. The molecule has 3 N–H and O–H groups in total. The summed E-state index contributed by atoms with van der Waals surface area (Å²) in [4.78, 5) is 23.0. The molecule has 3 aromatic rings. The smallest absolute Gasteiger partial charge is 0.234 e. The Kier molecular flexibility index (Phi) is 7.62. The maximum atomic E-state index is 14.5. The van der Waals surface area contributed by atoms with E-state index in [-0.39, 0.29) is 28.8 Å². The lowest BCUT2D eigenvalue weighted by atomic mass is 9.88. The van der Waals surface area contributed by atoms with E-state index in [1.165, 1.54) is 12.4 Å². The van der Waals surface area contributed by atoms with E-state index in [0.717, 1.165) is 51.5 Å². The lowest BCUT2D eigenvalue weighted by Crippen LogP contribution is -2.53. The van der Waals surface area contributed by atoms with Crippen LogP contribution < -0.4 is 20.5 Å². The number of rotatable bonds is 7. The van der Waals surface area contributed by atoms with Crippen LogP contribution >= 0.6 is 11.6 Å². The third-order valence-corrected chi connectivity index (χ3v) is 7.70. The highest BCUT2D eigenvalue weighted by Crippen LogP contribution is 2.38. The molecule has 1 amide bonds. The first kappa shape index (κ1) is 25.5. The maximum Gasteiger partial charge on any atom is 0.234 e. The van der Waals surface area contributed by atoms with Gasteiger partial charge in [0.15, 0.2) is 17.3 Å². The Balaban J connectivity index is 1.34. The number of halogens is 2. The van der Waals surface area contributed by atoms with Gasteiger partial charge in [0.1, 0.15) is 12.1 Å². The number of benzene rings is 2. The topological polar surface area (TPSA) is 103 Å². The van der Waals surface area contributed by atoms with Gasteiger partial charge in [-0.25, -0.2) is 14.4 Å². The van der Waals surface area contributed by atoms with Gasteiger partial charge in [0.05, 0.1) is 35.5 Å². The maximum absolute atomic E-state index is 14.5.